The largest absolute Gasteiger partial charge is 0.325 e. The molecule has 33 heavy (non-hydrogen) atoms. The van der Waals surface area contributed by atoms with Gasteiger partial charge in [-0.1, -0.05) is 31.7 Å². The van der Waals surface area contributed by atoms with Crippen LogP contribution in [-0.4, -0.2) is 29.5 Å². The zero-order chi connectivity index (χ0) is 24.0. The van der Waals surface area contributed by atoms with E-state index in [-0.39, 0.29) is 22.5 Å². The zero-order valence-electron chi connectivity index (χ0n) is 18.3. The van der Waals surface area contributed by atoms with Gasteiger partial charge in [0.1, 0.15) is 16.9 Å². The number of thioether (sulfide) groups is 1. The fourth-order valence-electron chi connectivity index (χ4n) is 2.75. The van der Waals surface area contributed by atoms with Gasteiger partial charge in [-0.25, -0.2) is 18.4 Å². The number of sulfonamides is 1. The third-order valence-electron chi connectivity index (χ3n) is 4.59. The molecule has 2 N–H and O–H groups in total. The Bertz CT molecular complexity index is 1270. The lowest BCUT2D eigenvalue weighted by molar-refractivity contribution is -0.115. The number of amides is 1. The van der Waals surface area contributed by atoms with Crippen LogP contribution < -0.4 is 10.0 Å². The second-order valence-corrected chi connectivity index (χ2v) is 10.5. The van der Waals surface area contributed by atoms with Crippen molar-refractivity contribution >= 4 is 39.2 Å². The van der Waals surface area contributed by atoms with Gasteiger partial charge in [-0.05, 0) is 61.4 Å². The quantitative estimate of drug-likeness (QED) is 0.457. The number of nitrogens with one attached hydrogen (secondary N) is 2. The molecule has 0 saturated heterocycles. The summed E-state index contributed by atoms with van der Waals surface area (Å²) in [5, 5.41) is 12.1. The lowest BCUT2D eigenvalue weighted by atomic mass is 10.1. The van der Waals surface area contributed by atoms with E-state index in [9.17, 15) is 18.5 Å². The molecule has 1 aromatic carbocycles. The van der Waals surface area contributed by atoms with Gasteiger partial charge in [-0.2, -0.15) is 5.26 Å². The second-order valence-electron chi connectivity index (χ2n) is 7.45. The number of anilines is 2. The first-order valence-electron chi connectivity index (χ1n) is 10.1. The highest BCUT2D eigenvalue weighted by Crippen LogP contribution is 2.28. The van der Waals surface area contributed by atoms with E-state index in [1.807, 2.05) is 19.9 Å². The van der Waals surface area contributed by atoms with Gasteiger partial charge < -0.3 is 5.32 Å². The van der Waals surface area contributed by atoms with Crippen molar-refractivity contribution in [3.8, 4) is 6.07 Å². The van der Waals surface area contributed by atoms with Crippen molar-refractivity contribution < 1.29 is 13.2 Å². The van der Waals surface area contributed by atoms with Crippen LogP contribution in [0.1, 0.15) is 37.9 Å². The number of pyridine rings is 2. The summed E-state index contributed by atoms with van der Waals surface area (Å²) < 4.78 is 27.4. The van der Waals surface area contributed by atoms with Crippen LogP contribution in [0.5, 0.6) is 0 Å². The van der Waals surface area contributed by atoms with Crippen LogP contribution in [0.4, 0.5) is 11.5 Å². The Morgan fingerprint density at radius 3 is 2.39 bits per heavy atom. The van der Waals surface area contributed by atoms with Crippen LogP contribution in [0.15, 0.2) is 70.7 Å². The molecule has 2 heterocycles. The van der Waals surface area contributed by atoms with Gasteiger partial charge in [0, 0.05) is 17.6 Å². The van der Waals surface area contributed by atoms with Crippen molar-refractivity contribution in [1.82, 2.24) is 9.97 Å². The van der Waals surface area contributed by atoms with Crippen molar-refractivity contribution in [2.75, 3.05) is 10.0 Å². The van der Waals surface area contributed by atoms with Crippen LogP contribution in [0.3, 0.4) is 0 Å². The summed E-state index contributed by atoms with van der Waals surface area (Å²) in [5.41, 5.74) is 1.72. The molecule has 3 aromatic rings. The smallest absolute Gasteiger partial charge is 0.263 e. The summed E-state index contributed by atoms with van der Waals surface area (Å²) >= 11 is 1.20. The topological polar surface area (TPSA) is 125 Å². The number of hydrogen-bond acceptors (Lipinski definition) is 7. The normalized spacial score (nSPS) is 12.1. The number of rotatable bonds is 8. The average Bonchev–Trinajstić information content (AvgIpc) is 2.79. The molecule has 1 atom stereocenters. The van der Waals surface area contributed by atoms with E-state index in [0.717, 1.165) is 5.69 Å². The van der Waals surface area contributed by atoms with Crippen LogP contribution in [-0.2, 0) is 14.8 Å². The van der Waals surface area contributed by atoms with Gasteiger partial charge in [0.05, 0.1) is 15.7 Å². The van der Waals surface area contributed by atoms with Crippen molar-refractivity contribution in [3.63, 3.8) is 0 Å². The highest BCUT2D eigenvalue weighted by Gasteiger charge is 2.19. The predicted octanol–water partition coefficient (Wildman–Crippen LogP) is 4.39. The van der Waals surface area contributed by atoms with Crippen LogP contribution in [0.25, 0.3) is 0 Å². The maximum absolute atomic E-state index is 12.7. The fraction of sp³-hybridized carbons (Fsp3) is 0.217. The zero-order valence-corrected chi connectivity index (χ0v) is 19.9. The SMILES string of the molecule is CC(Sc1nc(C(C)C)ccc1C#N)C(=O)Nc1ccc(S(=O)(=O)Nc2ccccn2)cc1. The van der Waals surface area contributed by atoms with Gasteiger partial charge in [-0.3, -0.25) is 9.52 Å². The van der Waals surface area contributed by atoms with E-state index in [2.05, 4.69) is 26.1 Å². The molecule has 8 nitrogen and oxygen atoms in total. The number of nitriles is 1. The first kappa shape index (κ1) is 24.2. The lowest BCUT2D eigenvalue weighted by Crippen LogP contribution is -2.22. The van der Waals surface area contributed by atoms with E-state index in [1.165, 1.54) is 42.2 Å². The molecular formula is C23H23N5O3S2. The summed E-state index contributed by atoms with van der Waals surface area (Å²) in [6.45, 7) is 5.74. The molecular weight excluding hydrogens is 458 g/mol. The molecule has 170 valence electrons. The highest BCUT2D eigenvalue weighted by molar-refractivity contribution is 8.00. The van der Waals surface area contributed by atoms with Crippen molar-refractivity contribution in [2.24, 2.45) is 0 Å². The fourth-order valence-corrected chi connectivity index (χ4v) is 4.66. The van der Waals surface area contributed by atoms with Gasteiger partial charge in [0.2, 0.25) is 5.91 Å². The van der Waals surface area contributed by atoms with E-state index >= 15 is 0 Å². The molecule has 3 rings (SSSR count). The van der Waals surface area contributed by atoms with Gasteiger partial charge >= 0.3 is 0 Å². The Kier molecular flexibility index (Phi) is 7.68. The molecule has 1 unspecified atom stereocenters. The molecule has 0 aliphatic rings. The first-order valence-corrected chi connectivity index (χ1v) is 12.5. The molecule has 0 aliphatic carbocycles. The first-order chi connectivity index (χ1) is 15.7. The molecule has 0 bridgehead atoms. The third-order valence-corrected chi connectivity index (χ3v) is 7.06. The molecule has 0 fully saturated rings. The average molecular weight is 482 g/mol. The van der Waals surface area contributed by atoms with Crippen LogP contribution in [0, 0.1) is 11.3 Å². The number of benzene rings is 1. The van der Waals surface area contributed by atoms with Crippen LogP contribution in [0.2, 0.25) is 0 Å². The van der Waals surface area contributed by atoms with Crippen LogP contribution >= 0.6 is 11.8 Å². The van der Waals surface area contributed by atoms with E-state index in [4.69, 9.17) is 0 Å². The molecule has 10 heteroatoms. The Labute approximate surface area is 197 Å². The third kappa shape index (κ3) is 6.31. The number of carbonyl (C=O) groups excluding carboxylic acids is 1. The molecule has 0 saturated carbocycles. The van der Waals surface area contributed by atoms with E-state index in [0.29, 0.717) is 16.3 Å². The maximum Gasteiger partial charge on any atom is 0.263 e. The summed E-state index contributed by atoms with van der Waals surface area (Å²) in [6.07, 6.45) is 1.49. The van der Waals surface area contributed by atoms with E-state index in [1.54, 1.807) is 31.2 Å². The van der Waals surface area contributed by atoms with Gasteiger partial charge in [-0.15, -0.1) is 0 Å². The predicted molar refractivity (Wildman–Crippen MR) is 128 cm³/mol. The Hall–Kier alpha value is -3.42. The summed E-state index contributed by atoms with van der Waals surface area (Å²) in [5.74, 6) is 0.124. The molecule has 0 aliphatic heterocycles. The highest BCUT2D eigenvalue weighted by atomic mass is 32.2. The monoisotopic (exact) mass is 481 g/mol. The minimum absolute atomic E-state index is 0.0435. The van der Waals surface area contributed by atoms with E-state index < -0.39 is 15.3 Å². The van der Waals surface area contributed by atoms with Crippen molar-refractivity contribution in [1.29, 1.82) is 5.26 Å². The number of carbonyl (C=O) groups is 1. The second kappa shape index (κ2) is 10.5. The minimum atomic E-state index is -3.80. The Morgan fingerprint density at radius 2 is 1.79 bits per heavy atom. The maximum atomic E-state index is 12.7. The number of nitrogens with zero attached hydrogens (tertiary/aromatic N) is 3. The van der Waals surface area contributed by atoms with Crippen molar-refractivity contribution in [2.45, 2.75) is 41.9 Å². The summed E-state index contributed by atoms with van der Waals surface area (Å²) in [7, 11) is -3.80. The Morgan fingerprint density at radius 1 is 1.06 bits per heavy atom. The molecule has 2 aromatic heterocycles. The van der Waals surface area contributed by atoms with Gasteiger partial charge in [0.25, 0.3) is 10.0 Å². The lowest BCUT2D eigenvalue weighted by Gasteiger charge is -2.14. The van der Waals surface area contributed by atoms with Gasteiger partial charge in [0.15, 0.2) is 0 Å². The summed E-state index contributed by atoms with van der Waals surface area (Å²) in [6, 6.07) is 16.4. The number of hydrogen-bond donors (Lipinski definition) is 2. The van der Waals surface area contributed by atoms with Crippen molar-refractivity contribution in [3.05, 3.63) is 72.1 Å². The Balaban J connectivity index is 1.67. The molecule has 0 radical (unpaired) electrons. The molecule has 1 amide bonds. The molecule has 0 spiro atoms. The minimum Gasteiger partial charge on any atom is -0.325 e. The standard InChI is InChI=1S/C23H23N5O3S2/c1-15(2)20-12-7-17(14-24)23(27-20)32-16(3)22(29)26-18-8-10-19(11-9-18)33(30,31)28-21-6-4-5-13-25-21/h4-13,15-16H,1-3H3,(H,25,28)(H,26,29). The summed E-state index contributed by atoms with van der Waals surface area (Å²) in [4.78, 5) is 21.2. The number of aromatic nitrogens is 2.